The quantitative estimate of drug-likeness (QED) is 0.717. The lowest BCUT2D eigenvalue weighted by Gasteiger charge is -2.31. The minimum Gasteiger partial charge on any atom is -0.383 e. The van der Waals surface area contributed by atoms with Crippen LogP contribution in [0.1, 0.15) is 31.4 Å². The average molecular weight is 325 g/mol. The van der Waals surface area contributed by atoms with E-state index in [9.17, 15) is 5.26 Å². The van der Waals surface area contributed by atoms with Crippen LogP contribution in [0.25, 0.3) is 0 Å². The summed E-state index contributed by atoms with van der Waals surface area (Å²) >= 11 is 3.42. The second kappa shape index (κ2) is 8.19. The molecule has 0 saturated heterocycles. The molecule has 1 rings (SSSR count). The number of hydrogen-bond donors (Lipinski definition) is 0. The second-order valence-electron chi connectivity index (χ2n) is 4.54. The molecule has 0 bridgehead atoms. The van der Waals surface area contributed by atoms with E-state index in [0.717, 1.165) is 35.1 Å². The van der Waals surface area contributed by atoms with Gasteiger partial charge in [0.05, 0.1) is 17.9 Å². The summed E-state index contributed by atoms with van der Waals surface area (Å²) in [5.74, 6) is 0. The number of nitriles is 1. The van der Waals surface area contributed by atoms with E-state index in [1.165, 1.54) is 0 Å². The monoisotopic (exact) mass is 324 g/mol. The van der Waals surface area contributed by atoms with Crippen molar-refractivity contribution in [3.63, 3.8) is 0 Å². The van der Waals surface area contributed by atoms with Gasteiger partial charge in [-0.2, -0.15) is 5.26 Å². The highest BCUT2D eigenvalue weighted by Gasteiger charge is 2.16. The van der Waals surface area contributed by atoms with Crippen LogP contribution in [0.3, 0.4) is 0 Å². The molecule has 0 aliphatic heterocycles. The number of alkyl halides is 1. The van der Waals surface area contributed by atoms with Gasteiger partial charge in [0.15, 0.2) is 0 Å². The largest absolute Gasteiger partial charge is 0.383 e. The molecule has 0 fully saturated rings. The van der Waals surface area contributed by atoms with Crippen LogP contribution in [0.4, 0.5) is 5.69 Å². The van der Waals surface area contributed by atoms with Crippen LogP contribution < -0.4 is 4.90 Å². The molecule has 0 N–H and O–H groups in total. The number of rotatable bonds is 7. The van der Waals surface area contributed by atoms with Crippen molar-refractivity contribution in [3.05, 3.63) is 29.3 Å². The topological polar surface area (TPSA) is 36.3 Å². The molecule has 0 aliphatic rings. The lowest BCUT2D eigenvalue weighted by Crippen LogP contribution is -2.36. The zero-order valence-electron chi connectivity index (χ0n) is 11.8. The van der Waals surface area contributed by atoms with E-state index in [1.807, 2.05) is 12.1 Å². The number of ether oxygens (including phenoxy) is 1. The van der Waals surface area contributed by atoms with Crippen LogP contribution in [0, 0.1) is 11.3 Å². The molecule has 104 valence electrons. The van der Waals surface area contributed by atoms with Crippen LogP contribution in [-0.4, -0.2) is 26.3 Å². The highest BCUT2D eigenvalue weighted by atomic mass is 79.9. The molecular weight excluding hydrogens is 304 g/mol. The zero-order valence-corrected chi connectivity index (χ0v) is 13.4. The lowest BCUT2D eigenvalue weighted by molar-refractivity contribution is 0.203. The number of anilines is 1. The van der Waals surface area contributed by atoms with Gasteiger partial charge in [0.2, 0.25) is 0 Å². The van der Waals surface area contributed by atoms with E-state index < -0.39 is 0 Å². The standard InChI is InChI=1S/C15H21BrN2O/c1-4-12(2)18(7-8-19-3)15-6-5-13(10-16)9-14(15)11-17/h5-6,9,12H,4,7-8,10H2,1-3H3. The maximum absolute atomic E-state index is 9.34. The fourth-order valence-corrected chi connectivity index (χ4v) is 2.34. The first kappa shape index (κ1) is 16.0. The molecular formula is C15H21BrN2O. The highest BCUT2D eigenvalue weighted by Crippen LogP contribution is 2.25. The third kappa shape index (κ3) is 4.22. The van der Waals surface area contributed by atoms with Gasteiger partial charge in [-0.1, -0.05) is 28.9 Å². The van der Waals surface area contributed by atoms with Crippen molar-refractivity contribution in [1.82, 2.24) is 0 Å². The molecule has 1 aromatic carbocycles. The Morgan fingerprint density at radius 2 is 2.21 bits per heavy atom. The van der Waals surface area contributed by atoms with Crippen molar-refractivity contribution in [2.24, 2.45) is 0 Å². The maximum atomic E-state index is 9.34. The first-order chi connectivity index (χ1) is 9.17. The predicted molar refractivity (Wildman–Crippen MR) is 82.8 cm³/mol. The van der Waals surface area contributed by atoms with E-state index in [-0.39, 0.29) is 0 Å². The number of methoxy groups -OCH3 is 1. The van der Waals surface area contributed by atoms with Crippen LogP contribution in [0.15, 0.2) is 18.2 Å². The Kier molecular flexibility index (Phi) is 6.90. The molecule has 1 atom stereocenters. The number of benzene rings is 1. The summed E-state index contributed by atoms with van der Waals surface area (Å²) in [5, 5.41) is 10.1. The zero-order chi connectivity index (χ0) is 14.3. The highest BCUT2D eigenvalue weighted by molar-refractivity contribution is 9.08. The smallest absolute Gasteiger partial charge is 0.101 e. The Balaban J connectivity index is 3.10. The Hall–Kier alpha value is -1.05. The number of hydrogen-bond acceptors (Lipinski definition) is 3. The molecule has 0 heterocycles. The van der Waals surface area contributed by atoms with Gasteiger partial charge in [0, 0.05) is 25.0 Å². The van der Waals surface area contributed by atoms with Crippen molar-refractivity contribution in [2.75, 3.05) is 25.2 Å². The molecule has 0 radical (unpaired) electrons. The van der Waals surface area contributed by atoms with Crippen molar-refractivity contribution in [3.8, 4) is 6.07 Å². The van der Waals surface area contributed by atoms with Gasteiger partial charge in [-0.25, -0.2) is 0 Å². The fourth-order valence-electron chi connectivity index (χ4n) is 1.99. The van der Waals surface area contributed by atoms with E-state index >= 15 is 0 Å². The predicted octanol–water partition coefficient (Wildman–Crippen LogP) is 3.70. The maximum Gasteiger partial charge on any atom is 0.101 e. The normalized spacial score (nSPS) is 11.9. The van der Waals surface area contributed by atoms with Crippen molar-refractivity contribution < 1.29 is 4.74 Å². The van der Waals surface area contributed by atoms with Crippen LogP contribution in [-0.2, 0) is 10.1 Å². The fraction of sp³-hybridized carbons (Fsp3) is 0.533. The molecule has 1 unspecified atom stereocenters. The Bertz CT molecular complexity index is 442. The summed E-state index contributed by atoms with van der Waals surface area (Å²) in [6.45, 7) is 5.79. The van der Waals surface area contributed by atoms with Gasteiger partial charge in [-0.3, -0.25) is 0 Å². The van der Waals surface area contributed by atoms with Gasteiger partial charge in [-0.15, -0.1) is 0 Å². The Morgan fingerprint density at radius 3 is 2.74 bits per heavy atom. The van der Waals surface area contributed by atoms with Gasteiger partial charge in [-0.05, 0) is 31.0 Å². The van der Waals surface area contributed by atoms with Crippen molar-refractivity contribution in [1.29, 1.82) is 5.26 Å². The molecule has 0 aromatic heterocycles. The molecule has 19 heavy (non-hydrogen) atoms. The van der Waals surface area contributed by atoms with Gasteiger partial charge in [0.1, 0.15) is 6.07 Å². The molecule has 1 aromatic rings. The Labute approximate surface area is 124 Å². The summed E-state index contributed by atoms with van der Waals surface area (Å²) in [6.07, 6.45) is 1.04. The summed E-state index contributed by atoms with van der Waals surface area (Å²) in [5.41, 5.74) is 2.85. The molecule has 0 amide bonds. The summed E-state index contributed by atoms with van der Waals surface area (Å²) < 4.78 is 5.17. The van der Waals surface area contributed by atoms with Crippen LogP contribution in [0.5, 0.6) is 0 Å². The average Bonchev–Trinajstić information content (AvgIpc) is 2.47. The third-order valence-corrected chi connectivity index (χ3v) is 3.95. The minimum atomic E-state index is 0.386. The van der Waals surface area contributed by atoms with Crippen molar-refractivity contribution >= 4 is 21.6 Å². The summed E-state index contributed by atoms with van der Waals surface area (Å²) in [4.78, 5) is 2.25. The molecule has 3 nitrogen and oxygen atoms in total. The number of halogens is 1. The van der Waals surface area contributed by atoms with Crippen LogP contribution in [0.2, 0.25) is 0 Å². The van der Waals surface area contributed by atoms with Crippen molar-refractivity contribution in [2.45, 2.75) is 31.6 Å². The summed E-state index contributed by atoms with van der Waals surface area (Å²) in [6, 6.07) is 8.74. The molecule has 4 heteroatoms. The third-order valence-electron chi connectivity index (χ3n) is 3.30. The SMILES string of the molecule is CCC(C)N(CCOC)c1ccc(CBr)cc1C#N. The van der Waals surface area contributed by atoms with E-state index in [2.05, 4.69) is 46.8 Å². The minimum absolute atomic E-state index is 0.386. The second-order valence-corrected chi connectivity index (χ2v) is 5.10. The summed E-state index contributed by atoms with van der Waals surface area (Å²) in [7, 11) is 1.70. The van der Waals surface area contributed by atoms with E-state index in [4.69, 9.17) is 4.74 Å². The van der Waals surface area contributed by atoms with E-state index in [1.54, 1.807) is 7.11 Å². The lowest BCUT2D eigenvalue weighted by atomic mass is 10.1. The Morgan fingerprint density at radius 1 is 1.47 bits per heavy atom. The molecule has 0 saturated carbocycles. The van der Waals surface area contributed by atoms with E-state index in [0.29, 0.717) is 12.6 Å². The first-order valence-electron chi connectivity index (χ1n) is 6.52. The molecule has 0 aliphatic carbocycles. The van der Waals surface area contributed by atoms with Gasteiger partial charge >= 0.3 is 0 Å². The first-order valence-corrected chi connectivity index (χ1v) is 7.64. The van der Waals surface area contributed by atoms with Gasteiger partial charge in [0.25, 0.3) is 0 Å². The van der Waals surface area contributed by atoms with Gasteiger partial charge < -0.3 is 9.64 Å². The molecule has 0 spiro atoms. The van der Waals surface area contributed by atoms with Crippen LogP contribution >= 0.6 is 15.9 Å². The number of nitrogens with zero attached hydrogens (tertiary/aromatic N) is 2.